The molecule has 0 fully saturated rings. The van der Waals surface area contributed by atoms with Crippen molar-refractivity contribution in [2.45, 2.75) is 83.2 Å². The van der Waals surface area contributed by atoms with E-state index >= 15 is 0 Å². The minimum atomic E-state index is -2.01. The third-order valence-corrected chi connectivity index (χ3v) is 19.6. The van der Waals surface area contributed by atoms with Gasteiger partial charge in [0, 0.05) is 18.7 Å². The quantitative estimate of drug-likeness (QED) is 0.0533. The molecule has 0 aliphatic heterocycles. The van der Waals surface area contributed by atoms with Gasteiger partial charge in [-0.05, 0) is 64.2 Å². The number of benzene rings is 4. The smallest absolute Gasteiger partial charge is 0.365 e. The molecular weight excluding hydrogens is 664 g/mol. The van der Waals surface area contributed by atoms with Crippen molar-refractivity contribution in [3.63, 3.8) is 0 Å². The lowest BCUT2D eigenvalue weighted by Gasteiger charge is -2.38. The fourth-order valence-electron chi connectivity index (χ4n) is 6.61. The van der Waals surface area contributed by atoms with Gasteiger partial charge in [-0.2, -0.15) is 0 Å². The van der Waals surface area contributed by atoms with Gasteiger partial charge >= 0.3 is 15.1 Å². The van der Waals surface area contributed by atoms with Gasteiger partial charge in [-0.3, -0.25) is 0 Å². The van der Waals surface area contributed by atoms with Gasteiger partial charge in [-0.15, -0.1) is 0 Å². The lowest BCUT2D eigenvalue weighted by molar-refractivity contribution is 0.117. The van der Waals surface area contributed by atoms with E-state index < -0.39 is 14.3 Å². The van der Waals surface area contributed by atoms with E-state index in [0.29, 0.717) is 52.9 Å². The molecule has 0 unspecified atom stereocenters. The highest BCUT2D eigenvalue weighted by atomic mass is 31.2. The lowest BCUT2D eigenvalue weighted by Crippen LogP contribution is -2.32. The van der Waals surface area contributed by atoms with Gasteiger partial charge in [0.2, 0.25) is 0 Å². The van der Waals surface area contributed by atoms with E-state index in [2.05, 4.69) is 125 Å². The Morgan fingerprint density at radius 1 is 0.392 bits per heavy atom. The maximum absolute atomic E-state index is 7.59. The van der Waals surface area contributed by atoms with Crippen molar-refractivity contribution in [2.24, 2.45) is 0 Å². The molecule has 4 radical (unpaired) electrons. The zero-order valence-corrected chi connectivity index (χ0v) is 33.1. The number of hydrogen-bond acceptors (Lipinski definition) is 4. The van der Waals surface area contributed by atoms with Crippen LogP contribution in [0.4, 0.5) is 0 Å². The van der Waals surface area contributed by atoms with E-state index in [9.17, 15) is 0 Å². The second-order valence-corrected chi connectivity index (χ2v) is 22.6. The lowest BCUT2D eigenvalue weighted by atomic mass is 10.2. The van der Waals surface area contributed by atoms with Gasteiger partial charge in [0.25, 0.3) is 0 Å². The average Bonchev–Trinajstić information content (AvgIpc) is 3.16. The molecule has 268 valence electrons. The Bertz CT molecular complexity index is 1270. The summed E-state index contributed by atoms with van der Waals surface area (Å²) >= 11 is 0. The Morgan fingerprint density at radius 3 is 0.824 bits per heavy atom. The van der Waals surface area contributed by atoms with Crippen molar-refractivity contribution in [1.82, 2.24) is 0 Å². The number of rotatable bonds is 24. The molecule has 0 saturated heterocycles. The minimum Gasteiger partial charge on any atom is -0.373 e. The molecule has 51 heavy (non-hydrogen) atoms. The first-order chi connectivity index (χ1) is 24.7. The maximum Gasteiger partial charge on any atom is 0.365 e. The Hall–Kier alpha value is -2.29. The van der Waals surface area contributed by atoms with Gasteiger partial charge in [0.15, 0.2) is 0 Å². The second kappa shape index (κ2) is 22.0. The van der Waals surface area contributed by atoms with Crippen LogP contribution in [0.3, 0.4) is 0 Å². The van der Waals surface area contributed by atoms with Crippen LogP contribution in [-0.2, 0) is 45.4 Å². The highest BCUT2D eigenvalue weighted by Crippen LogP contribution is 2.67. The Labute approximate surface area is 312 Å². The predicted molar refractivity (Wildman–Crippen MR) is 222 cm³/mol. The Kier molecular flexibility index (Phi) is 17.9. The highest BCUT2D eigenvalue weighted by Gasteiger charge is 2.47. The van der Waals surface area contributed by atoms with E-state index in [4.69, 9.17) is 34.1 Å². The Balaban J connectivity index is 1.43. The van der Waals surface area contributed by atoms with Gasteiger partial charge in [-0.25, -0.2) is 0 Å². The summed E-state index contributed by atoms with van der Waals surface area (Å²) in [6.45, 7) is 13.9. The molecule has 0 aliphatic carbocycles. The predicted octanol–water partition coefficient (Wildman–Crippen LogP) is 10.00. The summed E-state index contributed by atoms with van der Waals surface area (Å²) in [4.78, 5) is 0. The van der Waals surface area contributed by atoms with Crippen LogP contribution in [-0.4, -0.2) is 76.5 Å². The summed E-state index contributed by atoms with van der Waals surface area (Å²) in [5.41, 5.74) is 5.59. The molecule has 0 N–H and O–H groups in total. The zero-order chi connectivity index (χ0) is 36.4. The monoisotopic (exact) mass is 722 g/mol. The third-order valence-electron chi connectivity index (χ3n) is 10.3. The molecule has 8 heteroatoms. The molecule has 4 nitrogen and oxygen atoms in total. The molecule has 0 bridgehead atoms. The van der Waals surface area contributed by atoms with E-state index in [1.165, 1.54) is 22.3 Å². The van der Waals surface area contributed by atoms with E-state index in [1.54, 1.807) is 0 Å². The van der Waals surface area contributed by atoms with Crippen molar-refractivity contribution in [3.8, 4) is 0 Å². The second-order valence-electron chi connectivity index (χ2n) is 14.2. The summed E-state index contributed by atoms with van der Waals surface area (Å²) in [5, 5.41) is 0. The zero-order valence-electron chi connectivity index (χ0n) is 31.3. The molecular formula is C43H58B2O4P2+2. The van der Waals surface area contributed by atoms with Crippen molar-refractivity contribution < 1.29 is 18.9 Å². The van der Waals surface area contributed by atoms with Crippen molar-refractivity contribution in [2.75, 3.05) is 38.8 Å². The first kappa shape index (κ1) is 41.5. The van der Waals surface area contributed by atoms with E-state index in [0.717, 1.165) is 18.7 Å². The highest BCUT2D eigenvalue weighted by molar-refractivity contribution is 7.99. The normalized spacial score (nSPS) is 14.5. The Morgan fingerprint density at radius 2 is 0.608 bits per heavy atom. The molecule has 0 heterocycles. The first-order valence-electron chi connectivity index (χ1n) is 18.5. The van der Waals surface area contributed by atoms with Crippen LogP contribution in [0, 0.1) is 0 Å². The summed E-state index contributed by atoms with van der Waals surface area (Å²) < 4.78 is 25.2. The standard InChI is InChI=1S/C43H58B2O4P2/c1-36(28-46-32-40-18-9-5-10-19-40)50(44,37(2)29-47-33-41-20-11-6-12-21-41)26-17-27-51(45,38(3)30-48-34-42-22-13-7-14-23-42)39(4)31-49-35-43-24-15-8-16-25-43/h5-16,18-25,36-39H,17,26-35H2,1-4H3/q+2/t36-,37-,38-,39-/m1/s1. The van der Waals surface area contributed by atoms with Gasteiger partial charge in [0.1, 0.15) is 0 Å². The fraction of sp³-hybridized carbons (Fsp3) is 0.442. The SMILES string of the molecule is [B][P+](CCC[P+]([B])([C@H](C)COCc1ccccc1)[C@H](C)COCc1ccccc1)([C@H](C)COCc1ccccc1)[C@H](C)COCc1ccccc1. The number of ether oxygens (including phenoxy) is 4. The summed E-state index contributed by atoms with van der Waals surface area (Å²) in [6.07, 6.45) is 2.84. The van der Waals surface area contributed by atoms with Crippen LogP contribution in [0.1, 0.15) is 56.4 Å². The van der Waals surface area contributed by atoms with Crippen LogP contribution in [0.15, 0.2) is 121 Å². The molecule has 0 aromatic heterocycles. The van der Waals surface area contributed by atoms with Crippen molar-refractivity contribution >= 4 is 29.4 Å². The van der Waals surface area contributed by atoms with Crippen LogP contribution >= 0.6 is 14.3 Å². The topological polar surface area (TPSA) is 36.9 Å². The molecule has 4 rings (SSSR count). The van der Waals surface area contributed by atoms with Gasteiger partial charge in [-0.1, -0.05) is 121 Å². The average molecular weight is 723 g/mol. The largest absolute Gasteiger partial charge is 0.373 e. The van der Waals surface area contributed by atoms with Crippen LogP contribution in [0.25, 0.3) is 0 Å². The molecule has 4 aromatic carbocycles. The summed E-state index contributed by atoms with van der Waals surface area (Å²) in [6, 6.07) is 41.4. The first-order valence-corrected chi connectivity index (χ1v) is 22.9. The van der Waals surface area contributed by atoms with Crippen LogP contribution in [0.5, 0.6) is 0 Å². The van der Waals surface area contributed by atoms with E-state index in [-0.39, 0.29) is 22.6 Å². The molecule has 4 aromatic rings. The fourth-order valence-corrected chi connectivity index (χ4v) is 13.3. The molecule has 0 spiro atoms. The van der Waals surface area contributed by atoms with Crippen molar-refractivity contribution in [1.29, 1.82) is 0 Å². The van der Waals surface area contributed by atoms with Crippen LogP contribution < -0.4 is 0 Å². The third kappa shape index (κ3) is 13.6. The summed E-state index contributed by atoms with van der Waals surface area (Å²) in [5.74, 6) is 0. The maximum atomic E-state index is 7.59. The minimum absolute atomic E-state index is 0.223. The summed E-state index contributed by atoms with van der Waals surface area (Å²) in [7, 11) is 11.1. The van der Waals surface area contributed by atoms with Gasteiger partial charge < -0.3 is 18.9 Å². The molecule has 4 atom stereocenters. The van der Waals surface area contributed by atoms with Crippen LogP contribution in [0.2, 0.25) is 0 Å². The van der Waals surface area contributed by atoms with Gasteiger partial charge in [0.05, 0.1) is 75.5 Å². The molecule has 0 saturated carbocycles. The number of hydrogen-bond donors (Lipinski definition) is 0. The van der Waals surface area contributed by atoms with E-state index in [1.807, 2.05) is 24.3 Å². The van der Waals surface area contributed by atoms with Crippen molar-refractivity contribution in [3.05, 3.63) is 144 Å². The molecule has 0 amide bonds. The molecule has 0 aliphatic rings.